The van der Waals surface area contributed by atoms with E-state index in [2.05, 4.69) is 31.3 Å². The molecular formula is C13H19NO2. The largest absolute Gasteiger partial charge is 0.493 e. The molecule has 0 aliphatic carbocycles. The van der Waals surface area contributed by atoms with Gasteiger partial charge in [-0.15, -0.1) is 0 Å². The number of benzene rings is 1. The normalized spacial score (nSPS) is 22.4. The summed E-state index contributed by atoms with van der Waals surface area (Å²) in [5.74, 6) is 1.58. The van der Waals surface area contributed by atoms with Crippen LogP contribution in [0.25, 0.3) is 0 Å². The number of methoxy groups -OCH3 is 2. The molecule has 1 saturated heterocycles. The molecule has 0 saturated carbocycles. The van der Waals surface area contributed by atoms with Gasteiger partial charge in [0, 0.05) is 12.6 Å². The molecule has 0 radical (unpaired) electrons. The highest BCUT2D eigenvalue weighted by molar-refractivity contribution is 5.44. The van der Waals surface area contributed by atoms with Crippen LogP contribution in [0.15, 0.2) is 18.2 Å². The zero-order valence-electron chi connectivity index (χ0n) is 10.3. The minimum absolute atomic E-state index is 0.319. The van der Waals surface area contributed by atoms with Gasteiger partial charge in [-0.3, -0.25) is 0 Å². The summed E-state index contributed by atoms with van der Waals surface area (Å²) in [5, 5.41) is 3.44. The van der Waals surface area contributed by atoms with Crippen LogP contribution >= 0.6 is 0 Å². The molecule has 1 aliphatic rings. The van der Waals surface area contributed by atoms with Crippen LogP contribution in [0.4, 0.5) is 0 Å². The van der Waals surface area contributed by atoms with E-state index in [1.165, 1.54) is 5.56 Å². The maximum absolute atomic E-state index is 5.31. The predicted octanol–water partition coefficient (Wildman–Crippen LogP) is 2.37. The summed E-state index contributed by atoms with van der Waals surface area (Å²) in [4.78, 5) is 0. The van der Waals surface area contributed by atoms with E-state index in [1.54, 1.807) is 14.2 Å². The SMILES string of the molecule is COc1ccc(C2NCC2(C)C)cc1OC. The number of nitrogens with one attached hydrogen (secondary N) is 1. The zero-order chi connectivity index (χ0) is 11.8. The lowest BCUT2D eigenvalue weighted by Crippen LogP contribution is -2.52. The van der Waals surface area contributed by atoms with Gasteiger partial charge in [-0.25, -0.2) is 0 Å². The quantitative estimate of drug-likeness (QED) is 0.850. The van der Waals surface area contributed by atoms with E-state index in [0.717, 1.165) is 18.0 Å². The summed E-state index contributed by atoms with van der Waals surface area (Å²) in [6, 6.07) is 6.52. The number of hydrogen-bond donors (Lipinski definition) is 1. The topological polar surface area (TPSA) is 30.5 Å². The third-order valence-corrected chi connectivity index (χ3v) is 3.28. The van der Waals surface area contributed by atoms with Crippen LogP contribution in [0.2, 0.25) is 0 Å². The smallest absolute Gasteiger partial charge is 0.161 e. The molecule has 2 rings (SSSR count). The first-order chi connectivity index (χ1) is 7.58. The molecule has 0 spiro atoms. The second-order valence-corrected chi connectivity index (χ2v) is 4.92. The molecule has 1 aliphatic heterocycles. The van der Waals surface area contributed by atoms with Crippen LogP contribution in [-0.2, 0) is 0 Å². The lowest BCUT2D eigenvalue weighted by molar-refractivity contribution is 0.128. The van der Waals surface area contributed by atoms with Crippen molar-refractivity contribution >= 4 is 0 Å². The third kappa shape index (κ3) is 1.76. The molecule has 3 heteroatoms. The first-order valence-electron chi connectivity index (χ1n) is 5.54. The lowest BCUT2D eigenvalue weighted by Gasteiger charge is -2.46. The molecule has 1 atom stereocenters. The Morgan fingerprint density at radius 2 is 1.88 bits per heavy atom. The van der Waals surface area contributed by atoms with Crippen molar-refractivity contribution < 1.29 is 9.47 Å². The van der Waals surface area contributed by atoms with E-state index in [4.69, 9.17) is 9.47 Å². The van der Waals surface area contributed by atoms with E-state index in [0.29, 0.717) is 11.5 Å². The monoisotopic (exact) mass is 221 g/mol. The van der Waals surface area contributed by atoms with Gasteiger partial charge in [0.1, 0.15) is 0 Å². The molecule has 1 unspecified atom stereocenters. The van der Waals surface area contributed by atoms with E-state index >= 15 is 0 Å². The van der Waals surface area contributed by atoms with Gasteiger partial charge in [0.25, 0.3) is 0 Å². The van der Waals surface area contributed by atoms with Crippen molar-refractivity contribution in [2.24, 2.45) is 5.41 Å². The van der Waals surface area contributed by atoms with Crippen LogP contribution in [0.3, 0.4) is 0 Å². The Bertz CT molecular complexity index is 388. The molecule has 0 aromatic heterocycles. The predicted molar refractivity (Wildman–Crippen MR) is 64.1 cm³/mol. The fraction of sp³-hybridized carbons (Fsp3) is 0.538. The number of hydrogen-bond acceptors (Lipinski definition) is 3. The fourth-order valence-electron chi connectivity index (χ4n) is 2.21. The van der Waals surface area contributed by atoms with Crippen LogP contribution in [0, 0.1) is 5.41 Å². The number of rotatable bonds is 3. The highest BCUT2D eigenvalue weighted by atomic mass is 16.5. The molecule has 0 bridgehead atoms. The van der Waals surface area contributed by atoms with Gasteiger partial charge in [-0.2, -0.15) is 0 Å². The summed E-state index contributed by atoms with van der Waals surface area (Å²) >= 11 is 0. The Balaban J connectivity index is 2.30. The fourth-order valence-corrected chi connectivity index (χ4v) is 2.21. The lowest BCUT2D eigenvalue weighted by atomic mass is 9.74. The van der Waals surface area contributed by atoms with Crippen LogP contribution in [-0.4, -0.2) is 20.8 Å². The highest BCUT2D eigenvalue weighted by Crippen LogP contribution is 2.42. The maximum atomic E-state index is 5.31. The molecule has 88 valence electrons. The Morgan fingerprint density at radius 3 is 2.31 bits per heavy atom. The van der Waals surface area contributed by atoms with Gasteiger partial charge in [-0.1, -0.05) is 19.9 Å². The van der Waals surface area contributed by atoms with Gasteiger partial charge >= 0.3 is 0 Å². The molecule has 1 aromatic rings. The average Bonchev–Trinajstić information content (AvgIpc) is 2.27. The Kier molecular flexibility index (Phi) is 2.80. The molecule has 1 fully saturated rings. The van der Waals surface area contributed by atoms with Gasteiger partial charge in [0.05, 0.1) is 14.2 Å². The van der Waals surface area contributed by atoms with E-state index in [9.17, 15) is 0 Å². The van der Waals surface area contributed by atoms with Crippen LogP contribution < -0.4 is 14.8 Å². The third-order valence-electron chi connectivity index (χ3n) is 3.28. The molecule has 1 heterocycles. The summed E-state index contributed by atoms with van der Waals surface area (Å²) in [7, 11) is 3.32. The van der Waals surface area contributed by atoms with Crippen molar-refractivity contribution in [3.8, 4) is 11.5 Å². The Labute approximate surface area is 96.8 Å². The van der Waals surface area contributed by atoms with Crippen molar-refractivity contribution in [2.45, 2.75) is 19.9 Å². The van der Waals surface area contributed by atoms with Crippen LogP contribution in [0.1, 0.15) is 25.5 Å². The number of ether oxygens (including phenoxy) is 2. The summed E-state index contributed by atoms with van der Waals surface area (Å²) in [5.41, 5.74) is 1.58. The molecule has 1 N–H and O–H groups in total. The van der Waals surface area contributed by atoms with Crippen molar-refractivity contribution in [1.82, 2.24) is 5.32 Å². The van der Waals surface area contributed by atoms with Crippen LogP contribution in [0.5, 0.6) is 11.5 Å². The molecule has 1 aromatic carbocycles. The van der Waals surface area contributed by atoms with E-state index in [1.807, 2.05) is 6.07 Å². The van der Waals surface area contributed by atoms with E-state index < -0.39 is 0 Å². The van der Waals surface area contributed by atoms with Gasteiger partial charge in [-0.05, 0) is 23.1 Å². The molecular weight excluding hydrogens is 202 g/mol. The van der Waals surface area contributed by atoms with Crippen molar-refractivity contribution in [3.05, 3.63) is 23.8 Å². The second-order valence-electron chi connectivity index (χ2n) is 4.92. The summed E-state index contributed by atoms with van der Waals surface area (Å²) in [6.45, 7) is 5.60. The zero-order valence-corrected chi connectivity index (χ0v) is 10.3. The molecule has 0 amide bonds. The van der Waals surface area contributed by atoms with Crippen molar-refractivity contribution in [2.75, 3.05) is 20.8 Å². The van der Waals surface area contributed by atoms with E-state index in [-0.39, 0.29) is 0 Å². The van der Waals surface area contributed by atoms with Gasteiger partial charge in [0.15, 0.2) is 11.5 Å². The maximum Gasteiger partial charge on any atom is 0.161 e. The van der Waals surface area contributed by atoms with Gasteiger partial charge in [0.2, 0.25) is 0 Å². The first-order valence-corrected chi connectivity index (χ1v) is 5.54. The molecule has 3 nitrogen and oxygen atoms in total. The average molecular weight is 221 g/mol. The van der Waals surface area contributed by atoms with Crippen molar-refractivity contribution in [3.63, 3.8) is 0 Å². The van der Waals surface area contributed by atoms with Crippen molar-refractivity contribution in [1.29, 1.82) is 0 Å². The highest BCUT2D eigenvalue weighted by Gasteiger charge is 2.39. The standard InChI is InChI=1S/C13H19NO2/c1-13(2)8-14-12(13)9-5-6-10(15-3)11(7-9)16-4/h5-7,12,14H,8H2,1-4H3. The van der Waals surface area contributed by atoms with Gasteiger partial charge < -0.3 is 14.8 Å². The molecule has 16 heavy (non-hydrogen) atoms. The summed E-state index contributed by atoms with van der Waals surface area (Å²) in [6.07, 6.45) is 0. The Morgan fingerprint density at radius 1 is 1.19 bits per heavy atom. The minimum atomic E-state index is 0.319. The first kappa shape index (κ1) is 11.3. The minimum Gasteiger partial charge on any atom is -0.493 e. The second kappa shape index (κ2) is 3.98. The Hall–Kier alpha value is -1.22. The summed E-state index contributed by atoms with van der Waals surface area (Å²) < 4.78 is 10.5.